The van der Waals surface area contributed by atoms with Crippen molar-refractivity contribution >= 4 is 29.1 Å². The lowest BCUT2D eigenvalue weighted by molar-refractivity contribution is -0.136. The van der Waals surface area contributed by atoms with Gasteiger partial charge in [-0.15, -0.1) is 0 Å². The summed E-state index contributed by atoms with van der Waals surface area (Å²) in [7, 11) is 3.73. The molecule has 1 atom stereocenters. The van der Waals surface area contributed by atoms with E-state index in [1.54, 1.807) is 25.3 Å². The number of amides is 2. The molecule has 1 saturated heterocycles. The molecule has 0 bridgehead atoms. The zero-order valence-electron chi connectivity index (χ0n) is 18.2. The first-order chi connectivity index (χ1) is 14.9. The molecule has 0 spiro atoms. The highest BCUT2D eigenvalue weighted by Crippen LogP contribution is 2.24. The molecule has 0 aliphatic carbocycles. The Morgan fingerprint density at radius 1 is 1.06 bits per heavy atom. The second kappa shape index (κ2) is 10.6. The number of carbonyl (C=O) groups excluding carboxylic acids is 2. The van der Waals surface area contributed by atoms with Crippen molar-refractivity contribution in [3.8, 4) is 5.75 Å². The lowest BCUT2D eigenvalue weighted by atomic mass is 10.0. The number of benzene rings is 2. The first-order valence-corrected chi connectivity index (χ1v) is 10.7. The van der Waals surface area contributed by atoms with Crippen LogP contribution in [0.4, 0.5) is 5.69 Å². The Labute approximate surface area is 188 Å². The average molecular weight is 445 g/mol. The van der Waals surface area contributed by atoms with Crippen molar-refractivity contribution < 1.29 is 14.3 Å². The molecule has 3 rings (SSSR count). The Bertz CT molecular complexity index is 912. The van der Waals surface area contributed by atoms with E-state index in [0.717, 1.165) is 43.1 Å². The van der Waals surface area contributed by atoms with Crippen LogP contribution >= 0.6 is 11.6 Å². The Morgan fingerprint density at radius 3 is 2.35 bits per heavy atom. The van der Waals surface area contributed by atoms with Gasteiger partial charge in [-0.3, -0.25) is 14.5 Å². The molecule has 0 radical (unpaired) electrons. The van der Waals surface area contributed by atoms with Crippen molar-refractivity contribution in [2.24, 2.45) is 0 Å². The topological polar surface area (TPSA) is 73.9 Å². The van der Waals surface area contributed by atoms with Gasteiger partial charge in [-0.2, -0.15) is 0 Å². The maximum Gasteiger partial charge on any atom is 0.313 e. The highest BCUT2D eigenvalue weighted by molar-refractivity contribution is 6.39. The molecule has 1 aliphatic rings. The molecule has 7 nitrogen and oxygen atoms in total. The molecule has 166 valence electrons. The predicted octanol–water partition coefficient (Wildman–Crippen LogP) is 2.70. The van der Waals surface area contributed by atoms with Gasteiger partial charge in [0.1, 0.15) is 5.75 Å². The van der Waals surface area contributed by atoms with Crippen LogP contribution in [0.2, 0.25) is 5.02 Å². The lowest BCUT2D eigenvalue weighted by Crippen LogP contribution is -2.49. The summed E-state index contributed by atoms with van der Waals surface area (Å²) in [6, 6.07) is 12.9. The molecule has 1 unspecified atom stereocenters. The van der Waals surface area contributed by atoms with Gasteiger partial charge in [0, 0.05) is 43.4 Å². The summed E-state index contributed by atoms with van der Waals surface area (Å²) in [5, 5.41) is 5.93. The van der Waals surface area contributed by atoms with Crippen LogP contribution in [0.1, 0.15) is 17.2 Å². The average Bonchev–Trinajstić information content (AvgIpc) is 2.77. The number of hydrogen-bond donors (Lipinski definition) is 2. The summed E-state index contributed by atoms with van der Waals surface area (Å²) in [6.45, 7) is 5.88. The van der Waals surface area contributed by atoms with Gasteiger partial charge in [-0.05, 0) is 49.4 Å². The fourth-order valence-corrected chi connectivity index (χ4v) is 3.73. The molecular formula is C23H29ClN4O3. The lowest BCUT2D eigenvalue weighted by Gasteiger charge is -2.38. The summed E-state index contributed by atoms with van der Waals surface area (Å²) in [5.41, 5.74) is 2.46. The summed E-state index contributed by atoms with van der Waals surface area (Å²) < 4.78 is 5.26. The van der Waals surface area contributed by atoms with E-state index in [1.165, 1.54) is 0 Å². The highest BCUT2D eigenvalue weighted by Gasteiger charge is 2.25. The molecule has 2 aromatic rings. The van der Waals surface area contributed by atoms with E-state index in [1.807, 2.05) is 31.2 Å². The number of aryl methyl sites for hydroxylation is 1. The second-order valence-corrected chi connectivity index (χ2v) is 8.16. The van der Waals surface area contributed by atoms with Gasteiger partial charge >= 0.3 is 11.8 Å². The minimum absolute atomic E-state index is 0.0369. The Morgan fingerprint density at radius 2 is 1.74 bits per heavy atom. The minimum Gasteiger partial charge on any atom is -0.497 e. The number of carbonyl (C=O) groups is 2. The molecule has 2 aromatic carbocycles. The van der Waals surface area contributed by atoms with Gasteiger partial charge in [0.2, 0.25) is 0 Å². The largest absolute Gasteiger partial charge is 0.497 e. The van der Waals surface area contributed by atoms with Crippen molar-refractivity contribution in [2.45, 2.75) is 13.0 Å². The molecule has 1 aliphatic heterocycles. The van der Waals surface area contributed by atoms with Crippen LogP contribution < -0.4 is 15.4 Å². The van der Waals surface area contributed by atoms with Crippen molar-refractivity contribution in [2.75, 3.05) is 52.2 Å². The summed E-state index contributed by atoms with van der Waals surface area (Å²) in [4.78, 5) is 29.4. The number of hydrogen-bond acceptors (Lipinski definition) is 5. The van der Waals surface area contributed by atoms with Gasteiger partial charge in [-0.1, -0.05) is 29.8 Å². The smallest absolute Gasteiger partial charge is 0.313 e. The molecule has 0 aromatic heterocycles. The molecule has 1 heterocycles. The predicted molar refractivity (Wildman–Crippen MR) is 123 cm³/mol. The molecule has 31 heavy (non-hydrogen) atoms. The summed E-state index contributed by atoms with van der Waals surface area (Å²) >= 11 is 6.10. The van der Waals surface area contributed by atoms with Crippen molar-refractivity contribution in [1.82, 2.24) is 15.1 Å². The number of ether oxygens (including phenoxy) is 1. The van der Waals surface area contributed by atoms with Crippen molar-refractivity contribution in [3.63, 3.8) is 0 Å². The van der Waals surface area contributed by atoms with Crippen LogP contribution in [0.5, 0.6) is 5.75 Å². The Hall–Kier alpha value is -2.61. The van der Waals surface area contributed by atoms with E-state index in [2.05, 4.69) is 27.5 Å². The summed E-state index contributed by atoms with van der Waals surface area (Å²) in [6.07, 6.45) is 0. The molecule has 0 saturated carbocycles. The van der Waals surface area contributed by atoms with Crippen molar-refractivity contribution in [3.05, 3.63) is 58.6 Å². The third-order valence-corrected chi connectivity index (χ3v) is 5.98. The van der Waals surface area contributed by atoms with Crippen LogP contribution in [0.15, 0.2) is 42.5 Å². The van der Waals surface area contributed by atoms with E-state index in [-0.39, 0.29) is 6.04 Å². The number of anilines is 1. The SMILES string of the molecule is COc1ccc(C(CNC(=O)C(=O)Nc2ccc(C)c(Cl)c2)N2CCN(C)CC2)cc1. The number of nitrogens with one attached hydrogen (secondary N) is 2. The Kier molecular flexibility index (Phi) is 7.90. The van der Waals surface area contributed by atoms with Gasteiger partial charge in [0.15, 0.2) is 0 Å². The quantitative estimate of drug-likeness (QED) is 0.670. The fourth-order valence-electron chi connectivity index (χ4n) is 3.55. The molecule has 2 N–H and O–H groups in total. The Balaban J connectivity index is 1.66. The van der Waals surface area contributed by atoms with Gasteiger partial charge in [-0.25, -0.2) is 0 Å². The zero-order chi connectivity index (χ0) is 22.4. The van der Waals surface area contributed by atoms with E-state index < -0.39 is 11.8 Å². The maximum atomic E-state index is 12.5. The third-order valence-electron chi connectivity index (χ3n) is 5.57. The van der Waals surface area contributed by atoms with E-state index >= 15 is 0 Å². The first kappa shape index (κ1) is 23.1. The van der Waals surface area contributed by atoms with E-state index in [4.69, 9.17) is 16.3 Å². The number of halogens is 1. The monoisotopic (exact) mass is 444 g/mol. The van der Waals surface area contributed by atoms with E-state index in [0.29, 0.717) is 17.3 Å². The maximum absolute atomic E-state index is 12.5. The number of nitrogens with zero attached hydrogens (tertiary/aromatic N) is 2. The van der Waals surface area contributed by atoms with Crippen LogP contribution in [0.3, 0.4) is 0 Å². The van der Waals surface area contributed by atoms with Crippen molar-refractivity contribution in [1.29, 1.82) is 0 Å². The third kappa shape index (κ3) is 6.19. The van der Waals surface area contributed by atoms with Gasteiger partial charge in [0.25, 0.3) is 0 Å². The normalized spacial score (nSPS) is 15.9. The number of methoxy groups -OCH3 is 1. The standard InChI is InChI=1S/C23H29ClN4O3/c1-16-4-7-18(14-20(16)24)26-23(30)22(29)25-15-21(28-12-10-27(2)11-13-28)17-5-8-19(31-3)9-6-17/h4-9,14,21H,10-13,15H2,1-3H3,(H,25,29)(H,26,30). The van der Waals surface area contributed by atoms with Gasteiger partial charge in [0.05, 0.1) is 13.2 Å². The molecule has 8 heteroatoms. The first-order valence-electron chi connectivity index (χ1n) is 10.3. The number of piperazine rings is 1. The number of likely N-dealkylation sites (N-methyl/N-ethyl adjacent to an activating group) is 1. The van der Waals surface area contributed by atoms with Crippen LogP contribution in [0.25, 0.3) is 0 Å². The van der Waals surface area contributed by atoms with E-state index in [9.17, 15) is 9.59 Å². The summed E-state index contributed by atoms with van der Waals surface area (Å²) in [5.74, 6) is -0.614. The number of rotatable bonds is 6. The highest BCUT2D eigenvalue weighted by atomic mass is 35.5. The van der Waals surface area contributed by atoms with Crippen LogP contribution in [0, 0.1) is 6.92 Å². The molecule has 1 fully saturated rings. The van der Waals surface area contributed by atoms with Crippen LogP contribution in [-0.4, -0.2) is 68.5 Å². The zero-order valence-corrected chi connectivity index (χ0v) is 18.9. The second-order valence-electron chi connectivity index (χ2n) is 7.76. The van der Waals surface area contributed by atoms with Crippen LogP contribution in [-0.2, 0) is 9.59 Å². The fraction of sp³-hybridized carbons (Fsp3) is 0.391. The minimum atomic E-state index is -0.716. The van der Waals surface area contributed by atoms with Gasteiger partial charge < -0.3 is 20.3 Å². The molecular weight excluding hydrogens is 416 g/mol. The molecule has 2 amide bonds.